The average Bonchev–Trinajstić information content (AvgIpc) is 2.25. The third-order valence-electron chi connectivity index (χ3n) is 2.02. The molecule has 1 atom stereocenters. The van der Waals surface area contributed by atoms with Crippen LogP contribution >= 0.6 is 0 Å². The maximum Gasteiger partial charge on any atom is 0.387 e. The molecule has 0 spiro atoms. The Bertz CT molecular complexity index is 388. The van der Waals surface area contributed by atoms with Crippen molar-refractivity contribution in [3.63, 3.8) is 0 Å². The van der Waals surface area contributed by atoms with Crippen LogP contribution in [0.5, 0.6) is 5.75 Å². The Labute approximate surface area is 96.5 Å². The molecule has 0 saturated carbocycles. The van der Waals surface area contributed by atoms with E-state index in [0.29, 0.717) is 5.69 Å². The van der Waals surface area contributed by atoms with Crippen molar-refractivity contribution in [2.24, 2.45) is 0 Å². The molecule has 0 saturated heterocycles. The fourth-order valence-electron chi connectivity index (χ4n) is 1.12. The van der Waals surface area contributed by atoms with Crippen LogP contribution in [0.25, 0.3) is 0 Å². The van der Waals surface area contributed by atoms with Gasteiger partial charge in [0, 0.05) is 23.6 Å². The van der Waals surface area contributed by atoms with Crippen LogP contribution in [0.15, 0.2) is 24.3 Å². The van der Waals surface area contributed by atoms with Crippen molar-refractivity contribution in [2.75, 3.05) is 11.9 Å². The van der Waals surface area contributed by atoms with Gasteiger partial charge >= 0.3 is 6.61 Å². The molecule has 0 radical (unpaired) electrons. The van der Waals surface area contributed by atoms with E-state index in [1.165, 1.54) is 25.1 Å². The summed E-state index contributed by atoms with van der Waals surface area (Å²) in [5.41, 5.74) is 0.497. The molecule has 0 aromatic heterocycles. The second-order valence-electron chi connectivity index (χ2n) is 3.42. The molecular formula is C10H12F2N2O3. The van der Waals surface area contributed by atoms with E-state index in [4.69, 9.17) is 0 Å². The van der Waals surface area contributed by atoms with Crippen molar-refractivity contribution in [1.29, 1.82) is 0 Å². The molecule has 7 heteroatoms. The SMILES string of the molecule is CC(CNc1cccc(OC(F)F)c1)[N+](=O)[O-]. The summed E-state index contributed by atoms with van der Waals surface area (Å²) in [6.07, 6.45) is 0. The van der Waals surface area contributed by atoms with E-state index in [1.54, 1.807) is 6.07 Å². The highest BCUT2D eigenvalue weighted by atomic mass is 19.3. The van der Waals surface area contributed by atoms with Crippen molar-refractivity contribution in [3.05, 3.63) is 34.4 Å². The van der Waals surface area contributed by atoms with E-state index in [-0.39, 0.29) is 12.3 Å². The summed E-state index contributed by atoms with van der Waals surface area (Å²) in [5, 5.41) is 13.1. The molecule has 0 bridgehead atoms. The highest BCUT2D eigenvalue weighted by Gasteiger charge is 2.12. The van der Waals surface area contributed by atoms with E-state index in [2.05, 4.69) is 10.1 Å². The van der Waals surface area contributed by atoms with Crippen LogP contribution in [0.3, 0.4) is 0 Å². The number of halogens is 2. The minimum atomic E-state index is -2.89. The van der Waals surface area contributed by atoms with Gasteiger partial charge in [0.05, 0.1) is 6.54 Å². The molecule has 94 valence electrons. The minimum Gasteiger partial charge on any atom is -0.435 e. The van der Waals surface area contributed by atoms with Crippen molar-refractivity contribution < 1.29 is 18.4 Å². The number of benzene rings is 1. The topological polar surface area (TPSA) is 64.4 Å². The fourth-order valence-corrected chi connectivity index (χ4v) is 1.12. The van der Waals surface area contributed by atoms with Crippen LogP contribution in [0.4, 0.5) is 14.5 Å². The van der Waals surface area contributed by atoms with E-state index >= 15 is 0 Å². The molecule has 0 heterocycles. The van der Waals surface area contributed by atoms with Gasteiger partial charge in [-0.25, -0.2) is 0 Å². The van der Waals surface area contributed by atoms with Crippen LogP contribution in [0.1, 0.15) is 6.92 Å². The minimum absolute atomic E-state index is 0.0127. The number of ether oxygens (including phenoxy) is 1. The Morgan fingerprint density at radius 1 is 1.53 bits per heavy atom. The van der Waals surface area contributed by atoms with Gasteiger partial charge in [-0.05, 0) is 12.1 Å². The van der Waals surface area contributed by atoms with Gasteiger partial charge in [-0.1, -0.05) is 6.07 Å². The van der Waals surface area contributed by atoms with Crippen LogP contribution in [0.2, 0.25) is 0 Å². The van der Waals surface area contributed by atoms with E-state index < -0.39 is 17.6 Å². The first kappa shape index (κ1) is 13.1. The molecule has 0 fully saturated rings. The lowest BCUT2D eigenvalue weighted by atomic mass is 10.3. The highest BCUT2D eigenvalue weighted by Crippen LogP contribution is 2.19. The molecule has 0 aliphatic heterocycles. The summed E-state index contributed by atoms with van der Waals surface area (Å²) in [5.74, 6) is 0.0127. The van der Waals surface area contributed by atoms with Gasteiger partial charge < -0.3 is 10.1 Å². The van der Waals surface area contributed by atoms with Gasteiger partial charge in [0.2, 0.25) is 6.04 Å². The molecule has 17 heavy (non-hydrogen) atoms. The summed E-state index contributed by atoms with van der Waals surface area (Å²) in [6, 6.07) is 5.13. The zero-order chi connectivity index (χ0) is 12.8. The smallest absolute Gasteiger partial charge is 0.387 e. The van der Waals surface area contributed by atoms with Crippen molar-refractivity contribution in [3.8, 4) is 5.75 Å². The first-order valence-electron chi connectivity index (χ1n) is 4.91. The normalized spacial score (nSPS) is 12.2. The highest BCUT2D eigenvalue weighted by molar-refractivity contribution is 5.48. The Hall–Kier alpha value is -1.92. The van der Waals surface area contributed by atoms with Gasteiger partial charge in [0.15, 0.2) is 0 Å². The van der Waals surface area contributed by atoms with Gasteiger partial charge in [-0.3, -0.25) is 10.1 Å². The number of alkyl halides is 2. The average molecular weight is 246 g/mol. The van der Waals surface area contributed by atoms with E-state index in [1.807, 2.05) is 0 Å². The Morgan fingerprint density at radius 3 is 2.82 bits per heavy atom. The summed E-state index contributed by atoms with van der Waals surface area (Å²) < 4.78 is 28.1. The second-order valence-corrected chi connectivity index (χ2v) is 3.42. The van der Waals surface area contributed by atoms with Crippen molar-refractivity contribution >= 4 is 5.69 Å². The quantitative estimate of drug-likeness (QED) is 0.618. The summed E-state index contributed by atoms with van der Waals surface area (Å²) >= 11 is 0. The van der Waals surface area contributed by atoms with Crippen LogP contribution in [-0.4, -0.2) is 24.1 Å². The predicted octanol–water partition coefficient (Wildman–Crippen LogP) is 2.37. The van der Waals surface area contributed by atoms with E-state index in [9.17, 15) is 18.9 Å². The molecule has 0 amide bonds. The molecule has 1 rings (SSSR count). The monoisotopic (exact) mass is 246 g/mol. The van der Waals surface area contributed by atoms with Crippen LogP contribution < -0.4 is 10.1 Å². The summed E-state index contributed by atoms with van der Waals surface area (Å²) in [6.45, 7) is -1.32. The number of anilines is 1. The molecular weight excluding hydrogens is 234 g/mol. The van der Waals surface area contributed by atoms with Crippen LogP contribution in [0, 0.1) is 10.1 Å². The lowest BCUT2D eigenvalue weighted by Crippen LogP contribution is -2.24. The number of nitrogens with one attached hydrogen (secondary N) is 1. The second kappa shape index (κ2) is 5.97. The molecule has 5 nitrogen and oxygen atoms in total. The molecule has 1 aromatic carbocycles. The zero-order valence-electron chi connectivity index (χ0n) is 9.10. The first-order chi connectivity index (χ1) is 7.99. The van der Waals surface area contributed by atoms with E-state index in [0.717, 1.165) is 0 Å². The number of hydrogen-bond acceptors (Lipinski definition) is 4. The Kier molecular flexibility index (Phi) is 4.62. The Morgan fingerprint density at radius 2 is 2.24 bits per heavy atom. The largest absolute Gasteiger partial charge is 0.435 e. The molecule has 1 aromatic rings. The summed E-state index contributed by atoms with van der Waals surface area (Å²) in [4.78, 5) is 9.95. The molecule has 1 N–H and O–H groups in total. The van der Waals surface area contributed by atoms with Crippen molar-refractivity contribution in [1.82, 2.24) is 0 Å². The third kappa shape index (κ3) is 4.62. The molecule has 0 aliphatic carbocycles. The standard InChI is InChI=1S/C10H12F2N2O3/c1-7(14(15)16)6-13-8-3-2-4-9(5-8)17-10(11)12/h2-5,7,10,13H,6H2,1H3. The summed E-state index contributed by atoms with van der Waals surface area (Å²) in [7, 11) is 0. The number of nitrogens with zero attached hydrogens (tertiary/aromatic N) is 1. The van der Waals surface area contributed by atoms with Gasteiger partial charge in [0.1, 0.15) is 5.75 Å². The lowest BCUT2D eigenvalue weighted by Gasteiger charge is -2.09. The molecule has 0 aliphatic rings. The van der Waals surface area contributed by atoms with Crippen LogP contribution in [-0.2, 0) is 0 Å². The van der Waals surface area contributed by atoms with Gasteiger partial charge in [-0.2, -0.15) is 8.78 Å². The number of nitro groups is 1. The number of hydrogen-bond donors (Lipinski definition) is 1. The maximum absolute atomic E-state index is 11.9. The lowest BCUT2D eigenvalue weighted by molar-refractivity contribution is -0.514. The fraction of sp³-hybridized carbons (Fsp3) is 0.400. The first-order valence-corrected chi connectivity index (χ1v) is 4.91. The van der Waals surface area contributed by atoms with Gasteiger partial charge in [-0.15, -0.1) is 0 Å². The maximum atomic E-state index is 11.9. The van der Waals surface area contributed by atoms with Crippen molar-refractivity contribution in [2.45, 2.75) is 19.6 Å². The number of rotatable bonds is 6. The predicted molar refractivity (Wildman–Crippen MR) is 58.0 cm³/mol. The van der Waals surface area contributed by atoms with Gasteiger partial charge in [0.25, 0.3) is 0 Å². The zero-order valence-corrected chi connectivity index (χ0v) is 9.10. The third-order valence-corrected chi connectivity index (χ3v) is 2.02. The molecule has 1 unspecified atom stereocenters. The Balaban J connectivity index is 2.56.